The Kier molecular flexibility index (Phi) is 5.83. The molecule has 0 radical (unpaired) electrons. The summed E-state index contributed by atoms with van der Waals surface area (Å²) in [5, 5.41) is 15.6. The minimum Gasteiger partial charge on any atom is -0.469 e. The van der Waals surface area contributed by atoms with Crippen LogP contribution < -0.4 is 5.32 Å². The van der Waals surface area contributed by atoms with E-state index < -0.39 is 0 Å². The number of rotatable bonds is 8. The standard InChI is InChI=1S/C22H26N6O3/c1-14-19(10-11-21(29)31-3)15(2)28(26-14)18-6-4-16(5-7-18)22(30)23-12-20-25-24-13-27(20)17-8-9-17/h4-7,13,17H,8-12H2,1-3H3,(H,23,30). The van der Waals surface area contributed by atoms with Crippen molar-refractivity contribution in [3.63, 3.8) is 0 Å². The van der Waals surface area contributed by atoms with Crippen molar-refractivity contribution in [1.82, 2.24) is 29.9 Å². The molecule has 3 aromatic rings. The Morgan fingerprint density at radius 1 is 1.19 bits per heavy atom. The predicted octanol–water partition coefficient (Wildman–Crippen LogP) is 2.45. The van der Waals surface area contributed by atoms with Crippen molar-refractivity contribution < 1.29 is 14.3 Å². The number of aryl methyl sites for hydroxylation is 1. The third kappa shape index (κ3) is 4.50. The number of carbonyl (C=O) groups is 2. The quantitative estimate of drug-likeness (QED) is 0.559. The molecule has 9 nitrogen and oxygen atoms in total. The summed E-state index contributed by atoms with van der Waals surface area (Å²) in [5.41, 5.74) is 4.30. The molecule has 9 heteroatoms. The summed E-state index contributed by atoms with van der Waals surface area (Å²) in [6.07, 6.45) is 4.89. The highest BCUT2D eigenvalue weighted by atomic mass is 16.5. The van der Waals surface area contributed by atoms with Gasteiger partial charge in [0.2, 0.25) is 0 Å². The van der Waals surface area contributed by atoms with Gasteiger partial charge in [0, 0.05) is 23.7 Å². The van der Waals surface area contributed by atoms with Crippen LogP contribution in [0, 0.1) is 13.8 Å². The molecular formula is C22H26N6O3. The maximum absolute atomic E-state index is 12.6. The summed E-state index contributed by atoms with van der Waals surface area (Å²) in [4.78, 5) is 24.0. The fourth-order valence-corrected chi connectivity index (χ4v) is 3.68. The molecule has 1 amide bonds. The van der Waals surface area contributed by atoms with Crippen molar-refractivity contribution >= 4 is 11.9 Å². The summed E-state index contributed by atoms with van der Waals surface area (Å²) in [6.45, 7) is 4.25. The molecule has 0 aliphatic heterocycles. The lowest BCUT2D eigenvalue weighted by Gasteiger charge is -2.09. The zero-order chi connectivity index (χ0) is 22.0. The fourth-order valence-electron chi connectivity index (χ4n) is 3.68. The van der Waals surface area contributed by atoms with E-state index in [9.17, 15) is 9.59 Å². The average molecular weight is 422 g/mol. The normalized spacial score (nSPS) is 13.3. The van der Waals surface area contributed by atoms with Gasteiger partial charge in [0.05, 0.1) is 25.0 Å². The lowest BCUT2D eigenvalue weighted by Crippen LogP contribution is -2.24. The lowest BCUT2D eigenvalue weighted by atomic mass is 10.1. The Balaban J connectivity index is 1.42. The molecule has 4 rings (SSSR count). The van der Waals surface area contributed by atoms with Crippen LogP contribution in [0.2, 0.25) is 0 Å². The summed E-state index contributed by atoms with van der Waals surface area (Å²) in [5.74, 6) is 0.371. The molecule has 1 aliphatic rings. The van der Waals surface area contributed by atoms with Gasteiger partial charge in [0.25, 0.3) is 5.91 Å². The zero-order valence-corrected chi connectivity index (χ0v) is 18.0. The number of nitrogens with one attached hydrogen (secondary N) is 1. The smallest absolute Gasteiger partial charge is 0.305 e. The maximum Gasteiger partial charge on any atom is 0.305 e. The van der Waals surface area contributed by atoms with E-state index in [2.05, 4.69) is 20.6 Å². The van der Waals surface area contributed by atoms with Crippen LogP contribution >= 0.6 is 0 Å². The van der Waals surface area contributed by atoms with Crippen molar-refractivity contribution in [2.75, 3.05) is 7.11 Å². The van der Waals surface area contributed by atoms with Gasteiger partial charge in [-0.25, -0.2) is 4.68 Å². The minimum atomic E-state index is -0.239. The number of hydrogen-bond acceptors (Lipinski definition) is 6. The number of nitrogens with zero attached hydrogens (tertiary/aromatic N) is 5. The Hall–Kier alpha value is -3.49. The molecule has 1 fully saturated rings. The van der Waals surface area contributed by atoms with E-state index in [0.717, 1.165) is 41.3 Å². The molecular weight excluding hydrogens is 396 g/mol. The first-order valence-corrected chi connectivity index (χ1v) is 10.4. The summed E-state index contributed by atoms with van der Waals surface area (Å²) in [6, 6.07) is 7.76. The van der Waals surface area contributed by atoms with Crippen molar-refractivity contribution in [3.05, 3.63) is 58.9 Å². The highest BCUT2D eigenvalue weighted by Crippen LogP contribution is 2.35. The van der Waals surface area contributed by atoms with Crippen LogP contribution in [-0.2, 0) is 22.5 Å². The molecule has 1 saturated carbocycles. The van der Waals surface area contributed by atoms with E-state index in [4.69, 9.17) is 4.74 Å². The number of esters is 1. The van der Waals surface area contributed by atoms with E-state index in [1.807, 2.05) is 35.2 Å². The van der Waals surface area contributed by atoms with Crippen LogP contribution in [0.4, 0.5) is 0 Å². The van der Waals surface area contributed by atoms with Gasteiger partial charge in [-0.05, 0) is 62.9 Å². The van der Waals surface area contributed by atoms with Gasteiger partial charge in [0.15, 0.2) is 5.82 Å². The molecule has 1 aromatic carbocycles. The minimum absolute atomic E-state index is 0.163. The zero-order valence-electron chi connectivity index (χ0n) is 18.0. The highest BCUT2D eigenvalue weighted by Gasteiger charge is 2.26. The number of aromatic nitrogens is 5. The van der Waals surface area contributed by atoms with Gasteiger partial charge in [-0.3, -0.25) is 9.59 Å². The monoisotopic (exact) mass is 422 g/mol. The SMILES string of the molecule is COC(=O)CCc1c(C)nn(-c2ccc(C(=O)NCc3nncn3C3CC3)cc2)c1C. The number of ether oxygens (including phenoxy) is 1. The number of hydrogen-bond donors (Lipinski definition) is 1. The first-order chi connectivity index (χ1) is 15.0. The maximum atomic E-state index is 12.6. The summed E-state index contributed by atoms with van der Waals surface area (Å²) >= 11 is 0. The van der Waals surface area contributed by atoms with Crippen LogP contribution in [0.5, 0.6) is 0 Å². The third-order valence-electron chi connectivity index (χ3n) is 5.62. The van der Waals surface area contributed by atoms with Crippen LogP contribution in [-0.4, -0.2) is 43.5 Å². The molecule has 1 N–H and O–H groups in total. The van der Waals surface area contributed by atoms with E-state index in [1.165, 1.54) is 7.11 Å². The fraction of sp³-hybridized carbons (Fsp3) is 0.409. The van der Waals surface area contributed by atoms with Crippen LogP contribution in [0.15, 0.2) is 30.6 Å². The molecule has 0 saturated heterocycles. The summed E-state index contributed by atoms with van der Waals surface area (Å²) in [7, 11) is 1.39. The van der Waals surface area contributed by atoms with E-state index in [1.54, 1.807) is 18.5 Å². The molecule has 31 heavy (non-hydrogen) atoms. The molecule has 162 valence electrons. The van der Waals surface area contributed by atoms with Crippen LogP contribution in [0.1, 0.15) is 58.4 Å². The van der Waals surface area contributed by atoms with E-state index in [-0.39, 0.29) is 11.9 Å². The van der Waals surface area contributed by atoms with E-state index >= 15 is 0 Å². The molecule has 2 heterocycles. The molecule has 0 spiro atoms. The summed E-state index contributed by atoms with van der Waals surface area (Å²) < 4.78 is 8.60. The molecule has 0 bridgehead atoms. The van der Waals surface area contributed by atoms with Crippen molar-refractivity contribution in [2.24, 2.45) is 0 Å². The average Bonchev–Trinajstić information content (AvgIpc) is 3.45. The Morgan fingerprint density at radius 3 is 2.61 bits per heavy atom. The van der Waals surface area contributed by atoms with Gasteiger partial charge < -0.3 is 14.6 Å². The first kappa shape index (κ1) is 20.8. The number of methoxy groups -OCH3 is 1. The van der Waals surface area contributed by atoms with Gasteiger partial charge in [-0.1, -0.05) is 0 Å². The second kappa shape index (κ2) is 8.71. The number of benzene rings is 1. The highest BCUT2D eigenvalue weighted by molar-refractivity contribution is 5.94. The van der Waals surface area contributed by atoms with Gasteiger partial charge in [0.1, 0.15) is 6.33 Å². The predicted molar refractivity (Wildman–Crippen MR) is 113 cm³/mol. The molecule has 0 atom stereocenters. The van der Waals surface area contributed by atoms with Crippen LogP contribution in [0.25, 0.3) is 5.69 Å². The molecule has 1 aliphatic carbocycles. The number of amides is 1. The Morgan fingerprint density at radius 2 is 1.94 bits per heavy atom. The number of carbonyl (C=O) groups excluding carboxylic acids is 2. The third-order valence-corrected chi connectivity index (χ3v) is 5.62. The first-order valence-electron chi connectivity index (χ1n) is 10.4. The second-order valence-corrected chi connectivity index (χ2v) is 7.75. The van der Waals surface area contributed by atoms with Gasteiger partial charge in [-0.2, -0.15) is 5.10 Å². The van der Waals surface area contributed by atoms with Crippen LogP contribution in [0.3, 0.4) is 0 Å². The lowest BCUT2D eigenvalue weighted by molar-refractivity contribution is -0.140. The Labute approximate surface area is 180 Å². The topological polar surface area (TPSA) is 104 Å². The van der Waals surface area contributed by atoms with Crippen molar-refractivity contribution in [1.29, 1.82) is 0 Å². The van der Waals surface area contributed by atoms with E-state index in [0.29, 0.717) is 31.0 Å². The molecule has 2 aromatic heterocycles. The Bertz CT molecular complexity index is 1100. The molecule has 0 unspecified atom stereocenters. The largest absolute Gasteiger partial charge is 0.469 e. The van der Waals surface area contributed by atoms with Gasteiger partial charge >= 0.3 is 5.97 Å². The van der Waals surface area contributed by atoms with Gasteiger partial charge in [-0.15, -0.1) is 10.2 Å². The second-order valence-electron chi connectivity index (χ2n) is 7.75. The van der Waals surface area contributed by atoms with Crippen molar-refractivity contribution in [3.8, 4) is 5.69 Å². The van der Waals surface area contributed by atoms with Crippen molar-refractivity contribution in [2.45, 2.75) is 52.1 Å².